The molecular formula is C13H8ClN3. The summed E-state index contributed by atoms with van der Waals surface area (Å²) in [6, 6.07) is 10.0. The van der Waals surface area contributed by atoms with Gasteiger partial charge in [-0.2, -0.15) is 0 Å². The van der Waals surface area contributed by atoms with E-state index in [1.807, 2.05) is 30.3 Å². The fraction of sp³-hybridized carbons (Fsp3) is 0. The number of nitrogens with zero attached hydrogens (tertiary/aromatic N) is 3. The first-order valence-corrected chi connectivity index (χ1v) is 5.53. The lowest BCUT2D eigenvalue weighted by Crippen LogP contribution is -1.87. The zero-order valence-corrected chi connectivity index (χ0v) is 9.59. The Morgan fingerprint density at radius 3 is 2.59 bits per heavy atom. The molecule has 3 aromatic rings. The van der Waals surface area contributed by atoms with Gasteiger partial charge in [0.1, 0.15) is 5.15 Å². The van der Waals surface area contributed by atoms with E-state index in [2.05, 4.69) is 15.0 Å². The van der Waals surface area contributed by atoms with Crippen LogP contribution in [0.2, 0.25) is 5.15 Å². The molecule has 3 nitrogen and oxygen atoms in total. The summed E-state index contributed by atoms with van der Waals surface area (Å²) in [5.41, 5.74) is 2.68. The van der Waals surface area contributed by atoms with Crippen LogP contribution < -0.4 is 0 Å². The predicted molar refractivity (Wildman–Crippen MR) is 67.8 cm³/mol. The normalized spacial score (nSPS) is 10.6. The van der Waals surface area contributed by atoms with Gasteiger partial charge < -0.3 is 0 Å². The molecule has 0 aliphatic rings. The van der Waals surface area contributed by atoms with Crippen molar-refractivity contribution in [3.05, 3.63) is 54.1 Å². The number of rotatable bonds is 1. The average molecular weight is 242 g/mol. The highest BCUT2D eigenvalue weighted by molar-refractivity contribution is 6.29. The maximum Gasteiger partial charge on any atom is 0.147 e. The third-order valence-corrected chi connectivity index (χ3v) is 2.70. The van der Waals surface area contributed by atoms with Gasteiger partial charge in [0, 0.05) is 17.1 Å². The van der Waals surface area contributed by atoms with Gasteiger partial charge in [0.25, 0.3) is 0 Å². The molecule has 0 atom stereocenters. The maximum atomic E-state index is 5.70. The first-order valence-electron chi connectivity index (χ1n) is 5.16. The largest absolute Gasteiger partial charge is 0.256 e. The molecule has 2 heterocycles. The molecule has 0 aliphatic heterocycles. The average Bonchev–Trinajstić information content (AvgIpc) is 2.39. The van der Waals surface area contributed by atoms with Crippen LogP contribution in [-0.4, -0.2) is 15.0 Å². The zero-order valence-electron chi connectivity index (χ0n) is 8.84. The van der Waals surface area contributed by atoms with Gasteiger partial charge in [-0.15, -0.1) is 0 Å². The molecule has 17 heavy (non-hydrogen) atoms. The Balaban J connectivity index is 2.14. The van der Waals surface area contributed by atoms with Gasteiger partial charge in [-0.3, -0.25) is 9.97 Å². The van der Waals surface area contributed by atoms with E-state index in [0.717, 1.165) is 22.2 Å². The molecule has 0 spiro atoms. The van der Waals surface area contributed by atoms with Gasteiger partial charge in [-0.25, -0.2) is 4.98 Å². The van der Waals surface area contributed by atoms with E-state index >= 15 is 0 Å². The highest BCUT2D eigenvalue weighted by Crippen LogP contribution is 2.20. The summed E-state index contributed by atoms with van der Waals surface area (Å²) in [5, 5.41) is 1.48. The summed E-state index contributed by atoms with van der Waals surface area (Å²) in [5.74, 6) is 0. The summed E-state index contributed by atoms with van der Waals surface area (Å²) < 4.78 is 0. The number of pyridine rings is 1. The fourth-order valence-electron chi connectivity index (χ4n) is 1.67. The van der Waals surface area contributed by atoms with Gasteiger partial charge >= 0.3 is 0 Å². The second-order valence-electron chi connectivity index (χ2n) is 3.64. The summed E-state index contributed by atoms with van der Waals surface area (Å²) in [6.07, 6.45) is 4.97. The summed E-state index contributed by atoms with van der Waals surface area (Å²) in [4.78, 5) is 12.6. The molecule has 0 saturated heterocycles. The monoisotopic (exact) mass is 241 g/mol. The minimum atomic E-state index is 0.391. The van der Waals surface area contributed by atoms with Crippen molar-refractivity contribution in [2.45, 2.75) is 0 Å². The predicted octanol–water partition coefficient (Wildman–Crippen LogP) is 3.35. The molecule has 0 unspecified atom stereocenters. The molecule has 0 aliphatic carbocycles. The molecular weight excluding hydrogens is 234 g/mol. The number of hydrogen-bond acceptors (Lipinski definition) is 3. The molecule has 0 saturated carbocycles. The highest BCUT2D eigenvalue weighted by atomic mass is 35.5. The van der Waals surface area contributed by atoms with Crippen LogP contribution >= 0.6 is 11.6 Å². The first kappa shape index (κ1) is 10.2. The van der Waals surface area contributed by atoms with Crippen molar-refractivity contribution in [2.75, 3.05) is 0 Å². The molecule has 3 rings (SSSR count). The van der Waals surface area contributed by atoms with Crippen molar-refractivity contribution in [3.8, 4) is 11.3 Å². The van der Waals surface area contributed by atoms with E-state index in [1.165, 1.54) is 6.20 Å². The second-order valence-corrected chi connectivity index (χ2v) is 4.03. The van der Waals surface area contributed by atoms with Crippen molar-refractivity contribution in [2.24, 2.45) is 0 Å². The number of fused-ring (bicyclic) bond motifs is 1. The molecule has 4 heteroatoms. The lowest BCUT2D eigenvalue weighted by Gasteiger charge is -2.02. The second kappa shape index (κ2) is 4.11. The topological polar surface area (TPSA) is 38.7 Å². The van der Waals surface area contributed by atoms with E-state index in [0.29, 0.717) is 5.15 Å². The van der Waals surface area contributed by atoms with Crippen molar-refractivity contribution in [1.29, 1.82) is 0 Å². The van der Waals surface area contributed by atoms with Gasteiger partial charge in [0.05, 0.1) is 23.6 Å². The van der Waals surface area contributed by atoms with Crippen molar-refractivity contribution in [3.63, 3.8) is 0 Å². The van der Waals surface area contributed by atoms with Crippen LogP contribution in [0.25, 0.3) is 22.2 Å². The Hall–Kier alpha value is -2.00. The smallest absolute Gasteiger partial charge is 0.147 e. The standard InChI is InChI=1S/C13H8ClN3/c14-13-8-16-12(7-17-13)10-5-9-3-1-2-4-11(9)15-6-10/h1-8H. The van der Waals surface area contributed by atoms with Gasteiger partial charge in [0.2, 0.25) is 0 Å². The quantitative estimate of drug-likeness (QED) is 0.656. The van der Waals surface area contributed by atoms with Crippen LogP contribution in [0.4, 0.5) is 0 Å². The van der Waals surface area contributed by atoms with Crippen molar-refractivity contribution >= 4 is 22.5 Å². The van der Waals surface area contributed by atoms with Crippen LogP contribution in [-0.2, 0) is 0 Å². The van der Waals surface area contributed by atoms with Crippen molar-refractivity contribution < 1.29 is 0 Å². The molecule has 1 aromatic carbocycles. The summed E-state index contributed by atoms with van der Waals surface area (Å²) in [6.45, 7) is 0. The van der Waals surface area contributed by atoms with E-state index in [-0.39, 0.29) is 0 Å². The Morgan fingerprint density at radius 2 is 1.76 bits per heavy atom. The third kappa shape index (κ3) is 1.97. The first-order chi connectivity index (χ1) is 8.33. The number of hydrogen-bond donors (Lipinski definition) is 0. The maximum absolute atomic E-state index is 5.70. The van der Waals surface area contributed by atoms with E-state index < -0.39 is 0 Å². The molecule has 0 fully saturated rings. The summed E-state index contributed by atoms with van der Waals surface area (Å²) >= 11 is 5.70. The van der Waals surface area contributed by atoms with Gasteiger partial charge in [0.15, 0.2) is 0 Å². The molecule has 0 bridgehead atoms. The van der Waals surface area contributed by atoms with Crippen LogP contribution in [0.15, 0.2) is 48.9 Å². The van der Waals surface area contributed by atoms with E-state index in [4.69, 9.17) is 11.6 Å². The Bertz CT molecular complexity index is 665. The van der Waals surface area contributed by atoms with Crippen LogP contribution in [0, 0.1) is 0 Å². The van der Waals surface area contributed by atoms with Gasteiger partial charge in [-0.05, 0) is 12.1 Å². The fourth-order valence-corrected chi connectivity index (χ4v) is 1.77. The van der Waals surface area contributed by atoms with Crippen LogP contribution in [0.5, 0.6) is 0 Å². The summed E-state index contributed by atoms with van der Waals surface area (Å²) in [7, 11) is 0. The molecule has 0 amide bonds. The molecule has 0 radical (unpaired) electrons. The number of aromatic nitrogens is 3. The minimum Gasteiger partial charge on any atom is -0.256 e. The molecule has 2 aromatic heterocycles. The van der Waals surface area contributed by atoms with Crippen molar-refractivity contribution in [1.82, 2.24) is 15.0 Å². The highest BCUT2D eigenvalue weighted by Gasteiger charge is 2.02. The third-order valence-electron chi connectivity index (χ3n) is 2.51. The Kier molecular flexibility index (Phi) is 2.46. The SMILES string of the molecule is Clc1cnc(-c2cnc3ccccc3c2)cn1. The Morgan fingerprint density at radius 1 is 0.882 bits per heavy atom. The lowest BCUT2D eigenvalue weighted by atomic mass is 10.1. The molecule has 0 N–H and O–H groups in total. The Labute approximate surface area is 103 Å². The van der Waals surface area contributed by atoms with E-state index in [9.17, 15) is 0 Å². The zero-order chi connectivity index (χ0) is 11.7. The number of para-hydroxylation sites is 1. The lowest BCUT2D eigenvalue weighted by molar-refractivity contribution is 1.20. The van der Waals surface area contributed by atoms with Crippen LogP contribution in [0.1, 0.15) is 0 Å². The number of benzene rings is 1. The van der Waals surface area contributed by atoms with E-state index in [1.54, 1.807) is 12.4 Å². The van der Waals surface area contributed by atoms with Gasteiger partial charge in [-0.1, -0.05) is 29.8 Å². The number of halogens is 1. The molecule has 82 valence electrons. The minimum absolute atomic E-state index is 0.391. The van der Waals surface area contributed by atoms with Crippen LogP contribution in [0.3, 0.4) is 0 Å².